The van der Waals surface area contributed by atoms with Crippen molar-refractivity contribution in [2.75, 3.05) is 25.0 Å². The Bertz CT molecular complexity index is 1160. The SMILES string of the molecule is O=C(Nc1cc2c(C=Cc3ccc(F)cc3)n[nH]c2cc1F)C1(CN2CCCCC2)CC1. The predicted molar refractivity (Wildman–Crippen MR) is 122 cm³/mol. The molecule has 1 saturated carbocycles. The van der Waals surface area contributed by atoms with Crippen LogP contribution in [-0.2, 0) is 4.79 Å². The molecule has 166 valence electrons. The zero-order chi connectivity index (χ0) is 22.1. The maximum Gasteiger partial charge on any atom is 0.231 e. The lowest BCUT2D eigenvalue weighted by Crippen LogP contribution is -2.40. The van der Waals surface area contributed by atoms with Crippen molar-refractivity contribution in [3.05, 3.63) is 59.3 Å². The minimum atomic E-state index is -0.489. The molecule has 1 aliphatic carbocycles. The Kier molecular flexibility index (Phi) is 5.51. The van der Waals surface area contributed by atoms with Gasteiger partial charge < -0.3 is 10.2 Å². The Balaban J connectivity index is 1.35. The molecule has 1 amide bonds. The topological polar surface area (TPSA) is 61.0 Å². The Morgan fingerprint density at radius 2 is 1.84 bits per heavy atom. The van der Waals surface area contributed by atoms with E-state index in [1.807, 2.05) is 6.08 Å². The number of piperidine rings is 1. The molecule has 1 saturated heterocycles. The van der Waals surface area contributed by atoms with Gasteiger partial charge >= 0.3 is 0 Å². The van der Waals surface area contributed by atoms with Crippen LogP contribution in [0.5, 0.6) is 0 Å². The number of aromatic amines is 1. The van der Waals surface area contributed by atoms with Crippen molar-refractivity contribution in [1.82, 2.24) is 15.1 Å². The van der Waals surface area contributed by atoms with Crippen molar-refractivity contribution in [3.63, 3.8) is 0 Å². The Labute approximate surface area is 185 Å². The summed E-state index contributed by atoms with van der Waals surface area (Å²) >= 11 is 0. The van der Waals surface area contributed by atoms with Gasteiger partial charge in [-0.1, -0.05) is 24.6 Å². The van der Waals surface area contributed by atoms with Crippen LogP contribution in [0.25, 0.3) is 23.1 Å². The zero-order valence-electron chi connectivity index (χ0n) is 17.8. The first kappa shape index (κ1) is 20.8. The number of aromatic nitrogens is 2. The molecular formula is C25H26F2N4O. The molecule has 2 fully saturated rings. The number of anilines is 1. The summed E-state index contributed by atoms with van der Waals surface area (Å²) in [5.74, 6) is -0.887. The third kappa shape index (κ3) is 4.30. The number of nitrogens with zero attached hydrogens (tertiary/aromatic N) is 2. The highest BCUT2D eigenvalue weighted by Crippen LogP contribution is 2.47. The summed E-state index contributed by atoms with van der Waals surface area (Å²) in [4.78, 5) is 15.4. The lowest BCUT2D eigenvalue weighted by atomic mass is 10.0. The smallest absolute Gasteiger partial charge is 0.231 e. The van der Waals surface area contributed by atoms with Crippen molar-refractivity contribution in [1.29, 1.82) is 0 Å². The average molecular weight is 437 g/mol. The second kappa shape index (κ2) is 8.47. The van der Waals surface area contributed by atoms with Gasteiger partial charge in [0.15, 0.2) is 0 Å². The molecule has 0 bridgehead atoms. The van der Waals surface area contributed by atoms with E-state index in [2.05, 4.69) is 20.4 Å². The molecule has 0 unspecified atom stereocenters. The Morgan fingerprint density at radius 3 is 2.56 bits per heavy atom. The Hall–Kier alpha value is -3.06. The van der Waals surface area contributed by atoms with Gasteiger partial charge in [-0.05, 0) is 68.6 Å². The highest BCUT2D eigenvalue weighted by atomic mass is 19.1. The molecule has 2 aromatic carbocycles. The molecule has 2 N–H and O–H groups in total. The van der Waals surface area contributed by atoms with E-state index >= 15 is 0 Å². The van der Waals surface area contributed by atoms with E-state index in [4.69, 9.17) is 0 Å². The average Bonchev–Trinajstić information content (AvgIpc) is 3.48. The molecule has 2 aliphatic rings. The normalized spacial score (nSPS) is 18.3. The number of carbonyl (C=O) groups is 1. The van der Waals surface area contributed by atoms with E-state index in [0.29, 0.717) is 16.6 Å². The molecule has 5 nitrogen and oxygen atoms in total. The Morgan fingerprint density at radius 1 is 1.09 bits per heavy atom. The molecule has 1 aliphatic heterocycles. The van der Waals surface area contributed by atoms with E-state index in [1.54, 1.807) is 24.3 Å². The zero-order valence-corrected chi connectivity index (χ0v) is 17.8. The number of benzene rings is 2. The standard InChI is InChI=1S/C25H26F2N4O/c26-18-7-4-17(5-8-18)6-9-21-19-14-23(20(27)15-22(19)30-29-21)28-24(32)25(10-11-25)16-31-12-2-1-3-13-31/h4-9,14-15H,1-3,10-13,16H2,(H,28,32)(H,29,30). The molecule has 0 spiro atoms. The van der Waals surface area contributed by atoms with Crippen molar-refractivity contribution in [2.45, 2.75) is 32.1 Å². The molecule has 7 heteroatoms. The third-order valence-corrected chi connectivity index (χ3v) is 6.54. The monoisotopic (exact) mass is 436 g/mol. The van der Waals surface area contributed by atoms with E-state index in [-0.39, 0.29) is 17.4 Å². The van der Waals surface area contributed by atoms with Crippen molar-refractivity contribution >= 4 is 34.6 Å². The number of hydrogen-bond acceptors (Lipinski definition) is 3. The summed E-state index contributed by atoms with van der Waals surface area (Å²) in [7, 11) is 0. The largest absolute Gasteiger partial charge is 0.323 e. The number of H-pyrrole nitrogens is 1. The fourth-order valence-corrected chi connectivity index (χ4v) is 4.44. The molecule has 0 atom stereocenters. The molecule has 0 radical (unpaired) electrons. The van der Waals surface area contributed by atoms with Gasteiger partial charge in [0.25, 0.3) is 0 Å². The van der Waals surface area contributed by atoms with Crippen LogP contribution in [0, 0.1) is 17.0 Å². The minimum Gasteiger partial charge on any atom is -0.323 e. The quantitative estimate of drug-likeness (QED) is 0.557. The maximum absolute atomic E-state index is 14.7. The second-order valence-corrected chi connectivity index (χ2v) is 8.94. The lowest BCUT2D eigenvalue weighted by molar-refractivity contribution is -0.122. The lowest BCUT2D eigenvalue weighted by Gasteiger charge is -2.30. The van der Waals surface area contributed by atoms with Crippen LogP contribution in [0.15, 0.2) is 36.4 Å². The van der Waals surface area contributed by atoms with Crippen LogP contribution < -0.4 is 5.32 Å². The molecule has 3 aromatic rings. The predicted octanol–water partition coefficient (Wildman–Crippen LogP) is 5.22. The van der Waals surface area contributed by atoms with Crippen molar-refractivity contribution in [3.8, 4) is 0 Å². The van der Waals surface area contributed by atoms with Crippen LogP contribution in [0.3, 0.4) is 0 Å². The summed E-state index contributed by atoms with van der Waals surface area (Å²) in [5.41, 5.74) is 1.76. The summed E-state index contributed by atoms with van der Waals surface area (Å²) in [5, 5.41) is 10.6. The van der Waals surface area contributed by atoms with E-state index in [1.165, 1.54) is 37.5 Å². The number of fused-ring (bicyclic) bond motifs is 1. The summed E-state index contributed by atoms with van der Waals surface area (Å²) in [6.07, 6.45) is 8.90. The number of hydrogen-bond donors (Lipinski definition) is 2. The van der Waals surface area contributed by atoms with E-state index in [9.17, 15) is 13.6 Å². The van der Waals surface area contributed by atoms with Crippen LogP contribution in [0.4, 0.5) is 14.5 Å². The fraction of sp³-hybridized carbons (Fsp3) is 0.360. The van der Waals surface area contributed by atoms with Crippen LogP contribution >= 0.6 is 0 Å². The van der Waals surface area contributed by atoms with E-state index < -0.39 is 11.2 Å². The summed E-state index contributed by atoms with van der Waals surface area (Å²) in [6.45, 7) is 2.82. The van der Waals surface area contributed by atoms with Gasteiger partial charge in [-0.3, -0.25) is 9.89 Å². The first-order chi connectivity index (χ1) is 15.5. The number of likely N-dealkylation sites (tertiary alicyclic amines) is 1. The van der Waals surface area contributed by atoms with Gasteiger partial charge in [-0.2, -0.15) is 5.10 Å². The van der Waals surface area contributed by atoms with Crippen molar-refractivity contribution < 1.29 is 13.6 Å². The van der Waals surface area contributed by atoms with Gasteiger partial charge in [0, 0.05) is 18.0 Å². The molecular weight excluding hydrogens is 410 g/mol. The first-order valence-corrected chi connectivity index (χ1v) is 11.2. The van der Waals surface area contributed by atoms with Crippen LogP contribution in [0.1, 0.15) is 43.4 Å². The fourth-order valence-electron chi connectivity index (χ4n) is 4.44. The number of rotatable bonds is 6. The van der Waals surface area contributed by atoms with Gasteiger partial charge in [-0.15, -0.1) is 0 Å². The van der Waals surface area contributed by atoms with Crippen LogP contribution in [-0.4, -0.2) is 40.6 Å². The number of nitrogens with one attached hydrogen (secondary N) is 2. The number of amides is 1. The first-order valence-electron chi connectivity index (χ1n) is 11.2. The molecule has 32 heavy (non-hydrogen) atoms. The summed E-state index contributed by atoms with van der Waals surface area (Å²) < 4.78 is 27.8. The maximum atomic E-state index is 14.7. The van der Waals surface area contributed by atoms with Gasteiger partial charge in [0.05, 0.1) is 22.3 Å². The molecule has 5 rings (SSSR count). The van der Waals surface area contributed by atoms with E-state index in [0.717, 1.165) is 38.0 Å². The van der Waals surface area contributed by atoms with Crippen LogP contribution in [0.2, 0.25) is 0 Å². The number of halogens is 2. The summed E-state index contributed by atoms with van der Waals surface area (Å²) in [6, 6.07) is 9.11. The van der Waals surface area contributed by atoms with Gasteiger partial charge in [0.2, 0.25) is 5.91 Å². The molecule has 2 heterocycles. The van der Waals surface area contributed by atoms with Crippen molar-refractivity contribution in [2.24, 2.45) is 5.41 Å². The van der Waals surface area contributed by atoms with Gasteiger partial charge in [-0.25, -0.2) is 8.78 Å². The highest BCUT2D eigenvalue weighted by Gasteiger charge is 2.50. The second-order valence-electron chi connectivity index (χ2n) is 8.94. The highest BCUT2D eigenvalue weighted by molar-refractivity contribution is 6.00. The van der Waals surface area contributed by atoms with Gasteiger partial charge in [0.1, 0.15) is 11.6 Å². The third-order valence-electron chi connectivity index (χ3n) is 6.54. The number of carbonyl (C=O) groups excluding carboxylic acids is 1. The minimum absolute atomic E-state index is 0.103. The molecule has 1 aromatic heterocycles.